The summed E-state index contributed by atoms with van der Waals surface area (Å²) in [7, 11) is 0. The highest BCUT2D eigenvalue weighted by Gasteiger charge is 2.25. The molecule has 0 atom stereocenters. The van der Waals surface area contributed by atoms with E-state index in [1.165, 1.54) is 5.56 Å². The first-order valence-corrected chi connectivity index (χ1v) is 7.09. The van der Waals surface area contributed by atoms with Crippen LogP contribution < -0.4 is 10.1 Å². The van der Waals surface area contributed by atoms with Gasteiger partial charge in [-0.25, -0.2) is 0 Å². The van der Waals surface area contributed by atoms with E-state index in [-0.39, 0.29) is 5.91 Å². The van der Waals surface area contributed by atoms with Crippen molar-refractivity contribution in [2.24, 2.45) is 5.41 Å². The zero-order valence-electron chi connectivity index (χ0n) is 11.8. The van der Waals surface area contributed by atoms with E-state index in [0.717, 1.165) is 12.2 Å². The van der Waals surface area contributed by atoms with Crippen molar-refractivity contribution in [1.82, 2.24) is 5.32 Å². The van der Waals surface area contributed by atoms with Crippen LogP contribution in [0.15, 0.2) is 24.3 Å². The van der Waals surface area contributed by atoms with Crippen LogP contribution in [0.2, 0.25) is 0 Å². The molecule has 1 aromatic rings. The molecule has 0 spiro atoms. The van der Waals surface area contributed by atoms with Crippen LogP contribution in [0.4, 0.5) is 0 Å². The number of aryl methyl sites for hydroxylation is 1. The van der Waals surface area contributed by atoms with Crippen molar-refractivity contribution < 1.29 is 9.53 Å². The van der Waals surface area contributed by atoms with E-state index in [1.54, 1.807) is 0 Å². The smallest absolute Gasteiger partial charge is 0.226 e. The molecule has 0 aliphatic rings. The lowest BCUT2D eigenvalue weighted by atomic mass is 9.95. The summed E-state index contributed by atoms with van der Waals surface area (Å²) in [6, 6.07) is 7.94. The number of hydrogen-bond acceptors (Lipinski definition) is 2. The Morgan fingerprint density at radius 1 is 1.37 bits per heavy atom. The number of carbonyl (C=O) groups excluding carboxylic acids is 1. The van der Waals surface area contributed by atoms with Crippen molar-refractivity contribution in [3.05, 3.63) is 29.8 Å². The van der Waals surface area contributed by atoms with Gasteiger partial charge >= 0.3 is 0 Å². The average molecular weight is 284 g/mol. The second-order valence-electron chi connectivity index (χ2n) is 5.08. The van der Waals surface area contributed by atoms with E-state index < -0.39 is 5.41 Å². The summed E-state index contributed by atoms with van der Waals surface area (Å²) in [6.45, 7) is 6.68. The molecule has 0 heterocycles. The summed E-state index contributed by atoms with van der Waals surface area (Å²) in [5.41, 5.74) is 0.637. The largest absolute Gasteiger partial charge is 0.491 e. The molecule has 0 radical (unpaired) electrons. The van der Waals surface area contributed by atoms with Crippen LogP contribution in [-0.2, 0) is 11.2 Å². The highest BCUT2D eigenvalue weighted by molar-refractivity contribution is 6.19. The summed E-state index contributed by atoms with van der Waals surface area (Å²) >= 11 is 5.74. The third kappa shape index (κ3) is 4.75. The normalized spacial score (nSPS) is 11.2. The zero-order chi connectivity index (χ0) is 14.3. The highest BCUT2D eigenvalue weighted by Crippen LogP contribution is 2.18. The lowest BCUT2D eigenvalue weighted by Gasteiger charge is -2.20. The van der Waals surface area contributed by atoms with Crippen LogP contribution in [0.5, 0.6) is 5.75 Å². The van der Waals surface area contributed by atoms with Gasteiger partial charge in [0.05, 0.1) is 12.0 Å². The maximum absolute atomic E-state index is 11.8. The Morgan fingerprint density at radius 3 is 2.68 bits per heavy atom. The van der Waals surface area contributed by atoms with Crippen LogP contribution >= 0.6 is 11.6 Å². The molecule has 1 N–H and O–H groups in total. The Kier molecular flexibility index (Phi) is 6.16. The number of halogens is 1. The summed E-state index contributed by atoms with van der Waals surface area (Å²) in [6.07, 6.45) is 0.932. The minimum Gasteiger partial charge on any atom is -0.491 e. The van der Waals surface area contributed by atoms with Gasteiger partial charge in [-0.3, -0.25) is 4.79 Å². The quantitative estimate of drug-likeness (QED) is 0.617. The van der Waals surface area contributed by atoms with Gasteiger partial charge in [0, 0.05) is 5.88 Å². The fraction of sp³-hybridized carbons (Fsp3) is 0.533. The van der Waals surface area contributed by atoms with Crippen LogP contribution in [0.25, 0.3) is 0 Å². The van der Waals surface area contributed by atoms with Gasteiger partial charge in [0.2, 0.25) is 5.91 Å². The maximum atomic E-state index is 11.8. The predicted octanol–water partition coefficient (Wildman–Crippen LogP) is 3.01. The fourth-order valence-corrected chi connectivity index (χ4v) is 1.68. The molecule has 3 nitrogen and oxygen atoms in total. The van der Waals surface area contributed by atoms with Crippen molar-refractivity contribution in [1.29, 1.82) is 0 Å². The van der Waals surface area contributed by atoms with Crippen molar-refractivity contribution >= 4 is 17.5 Å². The standard InChI is InChI=1S/C15H22ClNO2/c1-4-12-7-5-6-8-13(12)19-10-9-17-14(18)15(2,3)11-16/h5-8H,4,9-11H2,1-3H3,(H,17,18). The summed E-state index contributed by atoms with van der Waals surface area (Å²) < 4.78 is 5.68. The molecule has 0 bridgehead atoms. The Balaban J connectivity index is 2.37. The number of ether oxygens (including phenoxy) is 1. The topological polar surface area (TPSA) is 38.3 Å². The molecule has 106 valence electrons. The first-order valence-electron chi connectivity index (χ1n) is 6.56. The van der Waals surface area contributed by atoms with Crippen molar-refractivity contribution in [3.8, 4) is 5.75 Å². The predicted molar refractivity (Wildman–Crippen MR) is 78.8 cm³/mol. The Morgan fingerprint density at radius 2 is 2.05 bits per heavy atom. The molecule has 0 fully saturated rings. The van der Waals surface area contributed by atoms with E-state index >= 15 is 0 Å². The molecular formula is C15H22ClNO2. The first kappa shape index (κ1) is 15.8. The van der Waals surface area contributed by atoms with Gasteiger partial charge in [0.1, 0.15) is 12.4 Å². The van der Waals surface area contributed by atoms with E-state index in [0.29, 0.717) is 19.0 Å². The van der Waals surface area contributed by atoms with Crippen LogP contribution in [0.3, 0.4) is 0 Å². The molecular weight excluding hydrogens is 262 g/mol. The zero-order valence-corrected chi connectivity index (χ0v) is 12.6. The molecule has 0 saturated carbocycles. The molecule has 1 amide bonds. The lowest BCUT2D eigenvalue weighted by Crippen LogP contribution is -2.39. The molecule has 0 saturated heterocycles. The number of para-hydroxylation sites is 1. The SMILES string of the molecule is CCc1ccccc1OCCNC(=O)C(C)(C)CCl. The number of hydrogen-bond donors (Lipinski definition) is 1. The van der Waals surface area contributed by atoms with Gasteiger partial charge in [-0.15, -0.1) is 11.6 Å². The minimum atomic E-state index is -0.539. The van der Waals surface area contributed by atoms with E-state index in [9.17, 15) is 4.79 Å². The van der Waals surface area contributed by atoms with Gasteiger partial charge in [0.25, 0.3) is 0 Å². The first-order chi connectivity index (χ1) is 9.01. The average Bonchev–Trinajstić information content (AvgIpc) is 2.43. The Hall–Kier alpha value is -1.22. The molecule has 0 aliphatic heterocycles. The van der Waals surface area contributed by atoms with E-state index in [2.05, 4.69) is 12.2 Å². The van der Waals surface area contributed by atoms with Crippen LogP contribution in [0.1, 0.15) is 26.3 Å². The highest BCUT2D eigenvalue weighted by atomic mass is 35.5. The fourth-order valence-electron chi connectivity index (χ4n) is 1.56. The monoisotopic (exact) mass is 283 g/mol. The second kappa shape index (κ2) is 7.39. The van der Waals surface area contributed by atoms with Crippen molar-refractivity contribution in [3.63, 3.8) is 0 Å². The second-order valence-corrected chi connectivity index (χ2v) is 5.35. The summed E-state index contributed by atoms with van der Waals surface area (Å²) in [5, 5.41) is 2.83. The molecule has 0 unspecified atom stereocenters. The molecule has 0 aliphatic carbocycles. The van der Waals surface area contributed by atoms with E-state index in [4.69, 9.17) is 16.3 Å². The van der Waals surface area contributed by atoms with Gasteiger partial charge in [-0.2, -0.15) is 0 Å². The number of amides is 1. The molecule has 4 heteroatoms. The number of rotatable bonds is 7. The van der Waals surface area contributed by atoms with Crippen LogP contribution in [0, 0.1) is 5.41 Å². The van der Waals surface area contributed by atoms with Crippen molar-refractivity contribution in [2.45, 2.75) is 27.2 Å². The third-order valence-electron chi connectivity index (χ3n) is 2.95. The number of nitrogens with one attached hydrogen (secondary N) is 1. The molecule has 19 heavy (non-hydrogen) atoms. The lowest BCUT2D eigenvalue weighted by molar-refractivity contribution is -0.128. The third-order valence-corrected chi connectivity index (χ3v) is 3.62. The molecule has 0 aromatic heterocycles. The van der Waals surface area contributed by atoms with Gasteiger partial charge < -0.3 is 10.1 Å². The van der Waals surface area contributed by atoms with E-state index in [1.807, 2.05) is 38.1 Å². The van der Waals surface area contributed by atoms with Gasteiger partial charge in [0.15, 0.2) is 0 Å². The number of benzene rings is 1. The minimum absolute atomic E-state index is 0.0464. The summed E-state index contributed by atoms with van der Waals surface area (Å²) in [4.78, 5) is 11.8. The summed E-state index contributed by atoms with van der Waals surface area (Å²) in [5.74, 6) is 1.14. The van der Waals surface area contributed by atoms with Gasteiger partial charge in [-0.1, -0.05) is 25.1 Å². The molecule has 1 rings (SSSR count). The number of alkyl halides is 1. The maximum Gasteiger partial charge on any atom is 0.226 e. The van der Waals surface area contributed by atoms with Crippen molar-refractivity contribution in [2.75, 3.05) is 19.0 Å². The number of carbonyl (C=O) groups is 1. The Labute approximate surface area is 120 Å². The Bertz CT molecular complexity index is 418. The van der Waals surface area contributed by atoms with Gasteiger partial charge in [-0.05, 0) is 31.9 Å². The van der Waals surface area contributed by atoms with Crippen LogP contribution in [-0.4, -0.2) is 24.9 Å². The molecule has 1 aromatic carbocycles.